The highest BCUT2D eigenvalue weighted by molar-refractivity contribution is 5.61. The van der Waals surface area contributed by atoms with Crippen LogP contribution in [0, 0.1) is 29.1 Å². The molecule has 4 nitrogen and oxygen atoms in total. The van der Waals surface area contributed by atoms with Crippen molar-refractivity contribution in [1.82, 2.24) is 9.97 Å². The minimum absolute atomic E-state index is 0.550. The molecule has 0 amide bonds. The van der Waals surface area contributed by atoms with Crippen molar-refractivity contribution in [2.24, 2.45) is 0 Å². The molecule has 0 radical (unpaired) electrons. The van der Waals surface area contributed by atoms with Crippen molar-refractivity contribution in [1.29, 1.82) is 0 Å². The zero-order valence-corrected chi connectivity index (χ0v) is 8.89. The Hall–Kier alpha value is -2.45. The number of hydrogen-bond acceptors (Lipinski definition) is 4. The van der Waals surface area contributed by atoms with Gasteiger partial charge in [-0.05, 0) is 0 Å². The van der Waals surface area contributed by atoms with Gasteiger partial charge in [-0.15, -0.1) is 0 Å². The normalized spacial score (nSPS) is 10.6. The predicted molar refractivity (Wildman–Crippen MR) is 53.2 cm³/mol. The molecule has 2 rings (SSSR count). The van der Waals surface area contributed by atoms with Gasteiger partial charge < -0.3 is 10.4 Å². The Morgan fingerprint density at radius 3 is 1.79 bits per heavy atom. The molecule has 0 spiro atoms. The van der Waals surface area contributed by atoms with E-state index in [-0.39, 0.29) is 0 Å². The molecule has 2 N–H and O–H groups in total. The summed E-state index contributed by atoms with van der Waals surface area (Å²) in [6, 6.07) is 0. The zero-order chi connectivity index (χ0) is 14.2. The van der Waals surface area contributed by atoms with Gasteiger partial charge in [0.25, 0.3) is 5.88 Å². The fourth-order valence-corrected chi connectivity index (χ4v) is 1.25. The minimum Gasteiger partial charge on any atom is -0.491 e. The number of aromatic hydroxyl groups is 1. The Balaban J connectivity index is 2.56. The molecule has 0 aliphatic heterocycles. The molecular weight excluding hydrogens is 273 g/mol. The fourth-order valence-electron chi connectivity index (χ4n) is 1.25. The van der Waals surface area contributed by atoms with Crippen molar-refractivity contribution in [3.63, 3.8) is 0 Å². The maximum absolute atomic E-state index is 13.3. The van der Waals surface area contributed by atoms with Crippen molar-refractivity contribution in [2.45, 2.75) is 0 Å². The van der Waals surface area contributed by atoms with Crippen LogP contribution in [0.25, 0.3) is 0 Å². The standard InChI is InChI=1S/C10H4F5N3O/c11-3-4(12)6(14)8(7(15)5(3)13)18-9-10(19)17-2-1-16-9/h1-2H,(H,16,18)(H,17,19). The molecule has 19 heavy (non-hydrogen) atoms. The smallest absolute Gasteiger partial charge is 0.255 e. The summed E-state index contributed by atoms with van der Waals surface area (Å²) in [7, 11) is 0. The van der Waals surface area contributed by atoms with E-state index in [2.05, 4.69) is 9.97 Å². The van der Waals surface area contributed by atoms with Gasteiger partial charge in [0.1, 0.15) is 5.69 Å². The third kappa shape index (κ3) is 2.14. The lowest BCUT2D eigenvalue weighted by Crippen LogP contribution is -2.07. The van der Waals surface area contributed by atoms with Crippen molar-refractivity contribution in [3.8, 4) is 5.88 Å². The first kappa shape index (κ1) is 13.0. The Labute approximate surface area is 102 Å². The molecule has 0 aliphatic carbocycles. The van der Waals surface area contributed by atoms with Gasteiger partial charge >= 0.3 is 0 Å². The molecule has 1 heterocycles. The van der Waals surface area contributed by atoms with Crippen molar-refractivity contribution in [3.05, 3.63) is 41.5 Å². The highest BCUT2D eigenvalue weighted by Gasteiger charge is 2.26. The first-order valence-electron chi connectivity index (χ1n) is 4.72. The molecule has 0 saturated carbocycles. The number of anilines is 2. The number of nitrogens with zero attached hydrogens (tertiary/aromatic N) is 2. The molecular formula is C10H4F5N3O. The molecule has 9 heteroatoms. The zero-order valence-electron chi connectivity index (χ0n) is 8.89. The SMILES string of the molecule is Oc1nccnc1Nc1c(F)c(F)c(F)c(F)c1F. The fraction of sp³-hybridized carbons (Fsp3) is 0. The van der Waals surface area contributed by atoms with Crippen LogP contribution in [0.2, 0.25) is 0 Å². The second kappa shape index (κ2) is 4.67. The van der Waals surface area contributed by atoms with Gasteiger partial charge in [0.05, 0.1) is 0 Å². The van der Waals surface area contributed by atoms with E-state index in [1.165, 1.54) is 0 Å². The van der Waals surface area contributed by atoms with Crippen molar-refractivity contribution in [2.75, 3.05) is 5.32 Å². The number of nitrogens with one attached hydrogen (secondary N) is 1. The third-order valence-electron chi connectivity index (χ3n) is 2.13. The number of hydrogen-bond donors (Lipinski definition) is 2. The van der Waals surface area contributed by atoms with Gasteiger partial charge in [-0.1, -0.05) is 0 Å². The number of rotatable bonds is 2. The van der Waals surface area contributed by atoms with Gasteiger partial charge in [0.15, 0.2) is 29.1 Å². The van der Waals surface area contributed by atoms with Crippen LogP contribution >= 0.6 is 0 Å². The summed E-state index contributed by atoms with van der Waals surface area (Å²) >= 11 is 0. The van der Waals surface area contributed by atoms with E-state index in [1.807, 2.05) is 0 Å². The average molecular weight is 277 g/mol. The van der Waals surface area contributed by atoms with E-state index >= 15 is 0 Å². The molecule has 0 bridgehead atoms. The van der Waals surface area contributed by atoms with Gasteiger partial charge in [0.2, 0.25) is 5.82 Å². The van der Waals surface area contributed by atoms with E-state index in [4.69, 9.17) is 0 Å². The second-order valence-electron chi connectivity index (χ2n) is 3.30. The Morgan fingerprint density at radius 2 is 1.26 bits per heavy atom. The topological polar surface area (TPSA) is 58.0 Å². The van der Waals surface area contributed by atoms with Gasteiger partial charge in [0, 0.05) is 12.4 Å². The summed E-state index contributed by atoms with van der Waals surface area (Å²) in [4.78, 5) is 6.76. The van der Waals surface area contributed by atoms with Gasteiger partial charge in [-0.2, -0.15) is 0 Å². The average Bonchev–Trinajstić information content (AvgIpc) is 2.41. The first-order chi connectivity index (χ1) is 8.93. The van der Waals surface area contributed by atoms with E-state index in [9.17, 15) is 27.1 Å². The van der Waals surface area contributed by atoms with E-state index in [0.717, 1.165) is 12.4 Å². The molecule has 0 unspecified atom stereocenters. The summed E-state index contributed by atoms with van der Waals surface area (Å²) in [6.07, 6.45) is 2.12. The van der Waals surface area contributed by atoms with Crippen LogP contribution in [0.3, 0.4) is 0 Å². The lowest BCUT2D eigenvalue weighted by Gasteiger charge is -2.10. The van der Waals surface area contributed by atoms with Crippen LogP contribution in [-0.4, -0.2) is 15.1 Å². The Kier molecular flexibility index (Phi) is 3.19. The van der Waals surface area contributed by atoms with E-state index in [0.29, 0.717) is 0 Å². The molecule has 100 valence electrons. The Bertz CT molecular complexity index is 620. The summed E-state index contributed by atoms with van der Waals surface area (Å²) in [5.41, 5.74) is -1.33. The monoisotopic (exact) mass is 277 g/mol. The third-order valence-corrected chi connectivity index (χ3v) is 2.13. The van der Waals surface area contributed by atoms with E-state index in [1.54, 1.807) is 5.32 Å². The highest BCUT2D eigenvalue weighted by atomic mass is 19.2. The quantitative estimate of drug-likeness (QED) is 0.503. The summed E-state index contributed by atoms with van der Waals surface area (Å²) in [5, 5.41) is 11.0. The molecule has 0 aliphatic rings. The van der Waals surface area contributed by atoms with Crippen LogP contribution < -0.4 is 5.32 Å². The maximum Gasteiger partial charge on any atom is 0.255 e. The van der Waals surface area contributed by atoms with Crippen LogP contribution in [0.15, 0.2) is 12.4 Å². The van der Waals surface area contributed by atoms with Crippen molar-refractivity contribution >= 4 is 11.5 Å². The molecule has 0 saturated heterocycles. The number of benzene rings is 1. The molecule has 1 aromatic heterocycles. The summed E-state index contributed by atoms with van der Waals surface area (Å²) in [5.74, 6) is -11.9. The van der Waals surface area contributed by atoms with Crippen LogP contribution in [0.4, 0.5) is 33.5 Å². The molecule has 0 atom stereocenters. The maximum atomic E-state index is 13.3. The van der Waals surface area contributed by atoms with Crippen molar-refractivity contribution < 1.29 is 27.1 Å². The van der Waals surface area contributed by atoms with E-state index < -0.39 is 46.5 Å². The summed E-state index contributed by atoms with van der Waals surface area (Å²) < 4.78 is 65.2. The molecule has 0 fully saturated rings. The summed E-state index contributed by atoms with van der Waals surface area (Å²) in [6.45, 7) is 0. The Morgan fingerprint density at radius 1 is 0.789 bits per heavy atom. The largest absolute Gasteiger partial charge is 0.491 e. The number of halogens is 5. The van der Waals surface area contributed by atoms with Gasteiger partial charge in [-0.3, -0.25) is 0 Å². The first-order valence-corrected chi connectivity index (χ1v) is 4.72. The minimum atomic E-state index is -2.27. The highest BCUT2D eigenvalue weighted by Crippen LogP contribution is 2.30. The lowest BCUT2D eigenvalue weighted by atomic mass is 10.2. The van der Waals surface area contributed by atoms with Crippen LogP contribution in [0.1, 0.15) is 0 Å². The second-order valence-corrected chi connectivity index (χ2v) is 3.30. The van der Waals surface area contributed by atoms with Gasteiger partial charge in [-0.25, -0.2) is 31.9 Å². The molecule has 1 aromatic carbocycles. The van der Waals surface area contributed by atoms with Crippen LogP contribution in [-0.2, 0) is 0 Å². The predicted octanol–water partition coefficient (Wildman–Crippen LogP) is 2.62. The lowest BCUT2D eigenvalue weighted by molar-refractivity contribution is 0.381. The number of aromatic nitrogens is 2. The van der Waals surface area contributed by atoms with Crippen LogP contribution in [0.5, 0.6) is 5.88 Å². The molecule has 2 aromatic rings.